The predicted octanol–water partition coefficient (Wildman–Crippen LogP) is 4.52. The van der Waals surface area contributed by atoms with Crippen LogP contribution in [0, 0.1) is 0 Å². The fourth-order valence-electron chi connectivity index (χ4n) is 2.83. The average molecular weight is 216 g/mol. The van der Waals surface area contributed by atoms with Crippen LogP contribution in [0.15, 0.2) is 24.3 Å². The summed E-state index contributed by atoms with van der Waals surface area (Å²) in [7, 11) is 0. The van der Waals surface area contributed by atoms with E-state index in [0.29, 0.717) is 5.41 Å². The van der Waals surface area contributed by atoms with Crippen LogP contribution in [0.2, 0.25) is 0 Å². The zero-order chi connectivity index (χ0) is 10.5. The Balaban J connectivity index is 2.37. The van der Waals surface area contributed by atoms with E-state index in [0.717, 1.165) is 0 Å². The van der Waals surface area contributed by atoms with E-state index in [4.69, 9.17) is 0 Å². The van der Waals surface area contributed by atoms with Crippen molar-refractivity contribution in [1.29, 1.82) is 0 Å². The van der Waals surface area contributed by atoms with E-state index in [9.17, 15) is 0 Å². The molecule has 1 aliphatic rings. The van der Waals surface area contributed by atoms with Crippen molar-refractivity contribution in [2.75, 3.05) is 0 Å². The van der Waals surface area contributed by atoms with E-state index in [1.54, 1.807) is 10.4 Å². The van der Waals surface area contributed by atoms with E-state index in [1.165, 1.54) is 29.3 Å². The summed E-state index contributed by atoms with van der Waals surface area (Å²) < 4.78 is 1.47. The molecule has 0 bridgehead atoms. The fourth-order valence-corrected chi connectivity index (χ4v) is 4.26. The summed E-state index contributed by atoms with van der Waals surface area (Å²) in [5.74, 6) is 0. The Morgan fingerprint density at radius 3 is 2.87 bits per heavy atom. The van der Waals surface area contributed by atoms with Crippen LogP contribution in [0.5, 0.6) is 0 Å². The van der Waals surface area contributed by atoms with E-state index in [1.807, 2.05) is 11.3 Å². The lowest BCUT2D eigenvalue weighted by Crippen LogP contribution is -2.22. The zero-order valence-corrected chi connectivity index (χ0v) is 10.2. The Labute approximate surface area is 94.9 Å². The van der Waals surface area contributed by atoms with Gasteiger partial charge in [0.1, 0.15) is 0 Å². The van der Waals surface area contributed by atoms with Crippen molar-refractivity contribution in [2.24, 2.45) is 0 Å². The number of rotatable bonds is 0. The van der Waals surface area contributed by atoms with Crippen LogP contribution < -0.4 is 0 Å². The minimum atomic E-state index is 0.382. The maximum atomic E-state index is 2.39. The fraction of sp³-hybridized carbons (Fsp3) is 0.429. The van der Waals surface area contributed by atoms with Crippen molar-refractivity contribution in [1.82, 2.24) is 0 Å². The molecule has 0 spiro atoms. The van der Waals surface area contributed by atoms with E-state index in [-0.39, 0.29) is 0 Å². The van der Waals surface area contributed by atoms with Crippen molar-refractivity contribution >= 4 is 21.4 Å². The van der Waals surface area contributed by atoms with Gasteiger partial charge < -0.3 is 0 Å². The molecule has 1 heteroatoms. The largest absolute Gasteiger partial charge is 0.140 e. The number of hydrogen-bond acceptors (Lipinski definition) is 1. The number of benzene rings is 1. The number of aryl methyl sites for hydroxylation is 1. The molecule has 3 rings (SSSR count). The molecule has 0 N–H and O–H groups in total. The normalized spacial score (nSPS) is 19.1. The highest BCUT2D eigenvalue weighted by atomic mass is 32.1. The highest BCUT2D eigenvalue weighted by Crippen LogP contribution is 2.45. The number of thiophene rings is 1. The second-order valence-corrected chi connectivity index (χ2v) is 6.27. The Kier molecular flexibility index (Phi) is 1.93. The van der Waals surface area contributed by atoms with Gasteiger partial charge in [-0.2, -0.15) is 0 Å². The SMILES string of the molecule is CC1(C)CCCc2sc3ccccc3c21. The molecule has 1 aromatic carbocycles. The molecule has 1 aromatic heterocycles. The molecule has 0 saturated carbocycles. The highest BCUT2D eigenvalue weighted by Gasteiger charge is 2.30. The summed E-state index contributed by atoms with van der Waals surface area (Å²) in [5, 5.41) is 1.50. The minimum absolute atomic E-state index is 0.382. The van der Waals surface area contributed by atoms with Gasteiger partial charge in [0, 0.05) is 9.58 Å². The third-order valence-corrected chi connectivity index (χ3v) is 4.78. The van der Waals surface area contributed by atoms with Gasteiger partial charge in [-0.25, -0.2) is 0 Å². The molecule has 1 aliphatic carbocycles. The van der Waals surface area contributed by atoms with Crippen LogP contribution in [0.4, 0.5) is 0 Å². The standard InChI is InChI=1S/C14H16S/c1-14(2)9-5-8-12-13(14)10-6-3-4-7-11(10)15-12/h3-4,6-7H,5,8-9H2,1-2H3. The molecule has 0 saturated heterocycles. The lowest BCUT2D eigenvalue weighted by atomic mass is 9.74. The molecule has 2 aromatic rings. The first-order valence-electron chi connectivity index (χ1n) is 5.69. The van der Waals surface area contributed by atoms with Crippen LogP contribution in [0.1, 0.15) is 37.1 Å². The number of hydrogen-bond donors (Lipinski definition) is 0. The number of fused-ring (bicyclic) bond motifs is 3. The predicted molar refractivity (Wildman–Crippen MR) is 67.8 cm³/mol. The van der Waals surface area contributed by atoms with Gasteiger partial charge in [0.2, 0.25) is 0 Å². The van der Waals surface area contributed by atoms with E-state index >= 15 is 0 Å². The van der Waals surface area contributed by atoms with Crippen LogP contribution in [-0.4, -0.2) is 0 Å². The third-order valence-electron chi connectivity index (χ3n) is 3.55. The van der Waals surface area contributed by atoms with Gasteiger partial charge in [-0.05, 0) is 41.7 Å². The molecule has 0 amide bonds. The summed E-state index contributed by atoms with van der Waals surface area (Å²) in [6, 6.07) is 8.86. The first-order valence-corrected chi connectivity index (χ1v) is 6.51. The van der Waals surface area contributed by atoms with Gasteiger partial charge >= 0.3 is 0 Å². The Morgan fingerprint density at radius 2 is 2.00 bits per heavy atom. The van der Waals surface area contributed by atoms with Crippen molar-refractivity contribution < 1.29 is 0 Å². The molecule has 0 fully saturated rings. The Hall–Kier alpha value is -0.820. The Bertz CT molecular complexity index is 505. The minimum Gasteiger partial charge on any atom is -0.140 e. The van der Waals surface area contributed by atoms with E-state index < -0.39 is 0 Å². The molecular weight excluding hydrogens is 200 g/mol. The molecule has 0 unspecified atom stereocenters. The lowest BCUT2D eigenvalue weighted by molar-refractivity contribution is 0.440. The summed E-state index contributed by atoms with van der Waals surface area (Å²) in [6.07, 6.45) is 3.98. The summed E-state index contributed by atoms with van der Waals surface area (Å²) in [5.41, 5.74) is 2.02. The van der Waals surface area contributed by atoms with Gasteiger partial charge in [0.25, 0.3) is 0 Å². The van der Waals surface area contributed by atoms with Crippen molar-refractivity contribution in [2.45, 2.75) is 38.5 Å². The second kappa shape index (κ2) is 3.08. The van der Waals surface area contributed by atoms with Gasteiger partial charge in [0.15, 0.2) is 0 Å². The van der Waals surface area contributed by atoms with Crippen molar-refractivity contribution in [3.05, 3.63) is 34.7 Å². The zero-order valence-electron chi connectivity index (χ0n) is 9.34. The first-order chi connectivity index (χ1) is 7.18. The smallest absolute Gasteiger partial charge is 0.0348 e. The molecule has 0 nitrogen and oxygen atoms in total. The quantitative estimate of drug-likeness (QED) is 0.607. The van der Waals surface area contributed by atoms with Gasteiger partial charge in [-0.15, -0.1) is 11.3 Å². The molecular formula is C14H16S. The van der Waals surface area contributed by atoms with Crippen LogP contribution in [0.25, 0.3) is 10.1 Å². The average Bonchev–Trinajstić information content (AvgIpc) is 2.56. The molecule has 78 valence electrons. The van der Waals surface area contributed by atoms with Gasteiger partial charge in [-0.3, -0.25) is 0 Å². The van der Waals surface area contributed by atoms with Crippen molar-refractivity contribution in [3.8, 4) is 0 Å². The maximum absolute atomic E-state index is 2.39. The third kappa shape index (κ3) is 1.33. The summed E-state index contributed by atoms with van der Waals surface area (Å²) in [4.78, 5) is 1.63. The summed E-state index contributed by atoms with van der Waals surface area (Å²) >= 11 is 2.00. The van der Waals surface area contributed by atoms with Crippen LogP contribution in [0.3, 0.4) is 0 Å². The Morgan fingerprint density at radius 1 is 1.20 bits per heavy atom. The van der Waals surface area contributed by atoms with Gasteiger partial charge in [0.05, 0.1) is 0 Å². The topological polar surface area (TPSA) is 0 Å². The van der Waals surface area contributed by atoms with E-state index in [2.05, 4.69) is 38.1 Å². The monoisotopic (exact) mass is 216 g/mol. The lowest BCUT2D eigenvalue weighted by Gasteiger charge is -2.30. The van der Waals surface area contributed by atoms with Gasteiger partial charge in [-0.1, -0.05) is 32.0 Å². The molecule has 15 heavy (non-hydrogen) atoms. The van der Waals surface area contributed by atoms with Crippen LogP contribution in [-0.2, 0) is 11.8 Å². The highest BCUT2D eigenvalue weighted by molar-refractivity contribution is 7.19. The molecule has 0 atom stereocenters. The molecule has 0 radical (unpaired) electrons. The van der Waals surface area contributed by atoms with Crippen LogP contribution >= 0.6 is 11.3 Å². The summed E-state index contributed by atoms with van der Waals surface area (Å²) in [6.45, 7) is 4.79. The second-order valence-electron chi connectivity index (χ2n) is 5.13. The maximum Gasteiger partial charge on any atom is 0.0348 e. The van der Waals surface area contributed by atoms with Crippen molar-refractivity contribution in [3.63, 3.8) is 0 Å². The first kappa shape index (κ1) is 9.41. The molecule has 0 aliphatic heterocycles. The molecule has 1 heterocycles.